The Kier molecular flexibility index (Phi) is 4.85. The highest BCUT2D eigenvalue weighted by Crippen LogP contribution is 2.21. The molecule has 0 aromatic heterocycles. The SMILES string of the molecule is CN(C)Cc1ccccc1NC(=O)c1ccccc1[N+](=O)[O-]. The summed E-state index contributed by atoms with van der Waals surface area (Å²) >= 11 is 0. The van der Waals surface area contributed by atoms with Crippen LogP contribution in [0.5, 0.6) is 0 Å². The van der Waals surface area contributed by atoms with E-state index in [1.54, 1.807) is 12.1 Å². The second kappa shape index (κ2) is 6.82. The molecule has 0 saturated heterocycles. The molecule has 0 radical (unpaired) electrons. The minimum atomic E-state index is -0.555. The number of carbonyl (C=O) groups is 1. The minimum Gasteiger partial charge on any atom is -0.321 e. The Morgan fingerprint density at radius 1 is 1.14 bits per heavy atom. The Morgan fingerprint density at radius 2 is 1.77 bits per heavy atom. The number of rotatable bonds is 5. The van der Waals surface area contributed by atoms with Crippen LogP contribution in [0.4, 0.5) is 11.4 Å². The second-order valence-corrected chi connectivity index (χ2v) is 5.12. The van der Waals surface area contributed by atoms with Gasteiger partial charge in [-0.15, -0.1) is 0 Å². The molecular weight excluding hydrogens is 282 g/mol. The molecule has 0 aliphatic carbocycles. The van der Waals surface area contributed by atoms with Crippen LogP contribution in [0.15, 0.2) is 48.5 Å². The second-order valence-electron chi connectivity index (χ2n) is 5.12. The molecule has 6 nitrogen and oxygen atoms in total. The first kappa shape index (κ1) is 15.7. The van der Waals surface area contributed by atoms with Gasteiger partial charge in [-0.1, -0.05) is 30.3 Å². The zero-order chi connectivity index (χ0) is 16.1. The van der Waals surface area contributed by atoms with Gasteiger partial charge in [-0.3, -0.25) is 14.9 Å². The van der Waals surface area contributed by atoms with Crippen molar-refractivity contribution in [3.05, 3.63) is 69.8 Å². The van der Waals surface area contributed by atoms with Gasteiger partial charge in [-0.2, -0.15) is 0 Å². The van der Waals surface area contributed by atoms with Crippen LogP contribution in [0, 0.1) is 10.1 Å². The monoisotopic (exact) mass is 299 g/mol. The number of hydrogen-bond acceptors (Lipinski definition) is 4. The molecule has 0 heterocycles. The quantitative estimate of drug-likeness (QED) is 0.680. The zero-order valence-electron chi connectivity index (χ0n) is 12.4. The third-order valence-electron chi connectivity index (χ3n) is 3.10. The summed E-state index contributed by atoms with van der Waals surface area (Å²) in [6, 6.07) is 13.3. The van der Waals surface area contributed by atoms with E-state index in [-0.39, 0.29) is 11.3 Å². The summed E-state index contributed by atoms with van der Waals surface area (Å²) in [7, 11) is 3.86. The summed E-state index contributed by atoms with van der Waals surface area (Å²) < 4.78 is 0. The average Bonchev–Trinajstić information content (AvgIpc) is 2.48. The number of nitrogens with one attached hydrogen (secondary N) is 1. The molecule has 0 saturated carbocycles. The van der Waals surface area contributed by atoms with E-state index in [2.05, 4.69) is 5.32 Å². The number of para-hydroxylation sites is 2. The Hall–Kier alpha value is -2.73. The van der Waals surface area contributed by atoms with Crippen molar-refractivity contribution >= 4 is 17.3 Å². The van der Waals surface area contributed by atoms with Crippen LogP contribution in [0.1, 0.15) is 15.9 Å². The first-order chi connectivity index (χ1) is 10.5. The number of carbonyl (C=O) groups excluding carboxylic acids is 1. The van der Waals surface area contributed by atoms with Crippen molar-refractivity contribution in [2.45, 2.75) is 6.54 Å². The van der Waals surface area contributed by atoms with Gasteiger partial charge in [0.05, 0.1) is 4.92 Å². The van der Waals surface area contributed by atoms with Crippen LogP contribution in [-0.2, 0) is 6.54 Å². The molecule has 0 atom stereocenters. The maximum atomic E-state index is 12.3. The van der Waals surface area contributed by atoms with Crippen LogP contribution in [0.25, 0.3) is 0 Å². The third kappa shape index (κ3) is 3.67. The van der Waals surface area contributed by atoms with E-state index in [9.17, 15) is 14.9 Å². The largest absolute Gasteiger partial charge is 0.321 e. The lowest BCUT2D eigenvalue weighted by Gasteiger charge is -2.14. The lowest BCUT2D eigenvalue weighted by molar-refractivity contribution is -0.385. The van der Waals surface area contributed by atoms with Gasteiger partial charge in [-0.05, 0) is 31.8 Å². The number of anilines is 1. The van der Waals surface area contributed by atoms with Crippen molar-refractivity contribution in [3.8, 4) is 0 Å². The van der Waals surface area contributed by atoms with E-state index in [0.717, 1.165) is 5.56 Å². The highest BCUT2D eigenvalue weighted by Gasteiger charge is 2.19. The molecule has 0 bridgehead atoms. The van der Waals surface area contributed by atoms with Crippen LogP contribution >= 0.6 is 0 Å². The van der Waals surface area contributed by atoms with Gasteiger partial charge in [0.15, 0.2) is 0 Å². The van der Waals surface area contributed by atoms with E-state index in [1.165, 1.54) is 18.2 Å². The van der Waals surface area contributed by atoms with Crippen molar-refractivity contribution in [1.29, 1.82) is 0 Å². The molecule has 22 heavy (non-hydrogen) atoms. The Bertz CT molecular complexity index is 699. The molecule has 1 N–H and O–H groups in total. The standard InChI is InChI=1S/C16H17N3O3/c1-18(2)11-12-7-3-5-9-14(12)17-16(20)13-8-4-6-10-15(13)19(21)22/h3-10H,11H2,1-2H3,(H,17,20). The van der Waals surface area contributed by atoms with E-state index in [1.807, 2.05) is 37.2 Å². The maximum absolute atomic E-state index is 12.3. The van der Waals surface area contributed by atoms with Gasteiger partial charge in [0.1, 0.15) is 5.56 Å². The molecule has 0 aliphatic heterocycles. The zero-order valence-corrected chi connectivity index (χ0v) is 12.4. The molecule has 1 amide bonds. The van der Waals surface area contributed by atoms with Crippen molar-refractivity contribution in [3.63, 3.8) is 0 Å². The number of nitro benzene ring substituents is 1. The van der Waals surface area contributed by atoms with Crippen molar-refractivity contribution < 1.29 is 9.72 Å². The third-order valence-corrected chi connectivity index (χ3v) is 3.10. The van der Waals surface area contributed by atoms with Crippen molar-refractivity contribution in [2.24, 2.45) is 0 Å². The van der Waals surface area contributed by atoms with Gasteiger partial charge in [0.25, 0.3) is 11.6 Å². The Morgan fingerprint density at radius 3 is 2.45 bits per heavy atom. The number of hydrogen-bond donors (Lipinski definition) is 1. The molecule has 0 fully saturated rings. The van der Waals surface area contributed by atoms with E-state index in [0.29, 0.717) is 12.2 Å². The molecule has 2 aromatic rings. The fraction of sp³-hybridized carbons (Fsp3) is 0.188. The molecular formula is C16H17N3O3. The van der Waals surface area contributed by atoms with Crippen LogP contribution in [0.3, 0.4) is 0 Å². The van der Waals surface area contributed by atoms with Crippen LogP contribution in [-0.4, -0.2) is 29.8 Å². The molecule has 2 aromatic carbocycles. The summed E-state index contributed by atoms with van der Waals surface area (Å²) in [6.07, 6.45) is 0. The smallest absolute Gasteiger partial charge is 0.282 e. The highest BCUT2D eigenvalue weighted by atomic mass is 16.6. The summed E-state index contributed by atoms with van der Waals surface area (Å²) in [6.45, 7) is 0.660. The number of nitro groups is 1. The van der Waals surface area contributed by atoms with E-state index in [4.69, 9.17) is 0 Å². The fourth-order valence-corrected chi connectivity index (χ4v) is 2.14. The van der Waals surface area contributed by atoms with Crippen LogP contribution in [0.2, 0.25) is 0 Å². The lowest BCUT2D eigenvalue weighted by Crippen LogP contribution is -2.17. The number of benzene rings is 2. The van der Waals surface area contributed by atoms with Crippen molar-refractivity contribution in [1.82, 2.24) is 4.90 Å². The predicted octanol–water partition coefficient (Wildman–Crippen LogP) is 2.91. The first-order valence-electron chi connectivity index (χ1n) is 6.76. The summed E-state index contributed by atoms with van der Waals surface area (Å²) in [5, 5.41) is 13.8. The maximum Gasteiger partial charge on any atom is 0.282 e. The van der Waals surface area contributed by atoms with Crippen molar-refractivity contribution in [2.75, 3.05) is 19.4 Å². The average molecular weight is 299 g/mol. The first-order valence-corrected chi connectivity index (χ1v) is 6.76. The summed E-state index contributed by atoms with van der Waals surface area (Å²) in [5.74, 6) is -0.487. The Labute approximate surface area is 128 Å². The molecule has 114 valence electrons. The summed E-state index contributed by atoms with van der Waals surface area (Å²) in [4.78, 5) is 24.8. The van der Waals surface area contributed by atoms with Gasteiger partial charge < -0.3 is 10.2 Å². The molecule has 6 heteroatoms. The van der Waals surface area contributed by atoms with E-state index >= 15 is 0 Å². The molecule has 0 spiro atoms. The van der Waals surface area contributed by atoms with Gasteiger partial charge in [-0.25, -0.2) is 0 Å². The topological polar surface area (TPSA) is 75.5 Å². The normalized spacial score (nSPS) is 10.5. The lowest BCUT2D eigenvalue weighted by atomic mass is 10.1. The fourth-order valence-electron chi connectivity index (χ4n) is 2.14. The Balaban J connectivity index is 2.29. The number of amides is 1. The number of nitrogens with zero attached hydrogens (tertiary/aromatic N) is 2. The van der Waals surface area contributed by atoms with Crippen LogP contribution < -0.4 is 5.32 Å². The van der Waals surface area contributed by atoms with Gasteiger partial charge >= 0.3 is 0 Å². The minimum absolute atomic E-state index is 0.0483. The summed E-state index contributed by atoms with van der Waals surface area (Å²) in [5.41, 5.74) is 1.44. The molecule has 0 unspecified atom stereocenters. The highest BCUT2D eigenvalue weighted by molar-refractivity contribution is 6.07. The molecule has 0 aliphatic rings. The van der Waals surface area contributed by atoms with Gasteiger partial charge in [0.2, 0.25) is 0 Å². The molecule has 2 rings (SSSR count). The van der Waals surface area contributed by atoms with Gasteiger partial charge in [0, 0.05) is 18.3 Å². The predicted molar refractivity (Wildman–Crippen MR) is 84.9 cm³/mol. The van der Waals surface area contributed by atoms with E-state index < -0.39 is 10.8 Å².